The van der Waals surface area contributed by atoms with Gasteiger partial charge in [-0.2, -0.15) is 0 Å². The fourth-order valence-corrected chi connectivity index (χ4v) is 2.98. The van der Waals surface area contributed by atoms with E-state index in [1.807, 2.05) is 70.2 Å². The highest BCUT2D eigenvalue weighted by molar-refractivity contribution is 5.79. The summed E-state index contributed by atoms with van der Waals surface area (Å²) in [6, 6.07) is 13.3. The second-order valence-electron chi connectivity index (χ2n) is 7.25. The first kappa shape index (κ1) is 24.3. The maximum atomic E-state index is 10.6. The van der Waals surface area contributed by atoms with Gasteiger partial charge in [-0.25, -0.2) is 4.99 Å². The van der Waals surface area contributed by atoms with Crippen LogP contribution in [-0.2, 0) is 6.54 Å². The number of aliphatic hydroxyl groups excluding tert-OH is 1. The van der Waals surface area contributed by atoms with Crippen molar-refractivity contribution in [2.45, 2.75) is 46.4 Å². The van der Waals surface area contributed by atoms with Crippen LogP contribution in [0.4, 0.5) is 0 Å². The molecule has 0 heterocycles. The number of aliphatic hydroxyl groups is 1. The molecule has 0 aromatic heterocycles. The first-order valence-electron chi connectivity index (χ1n) is 10.7. The second kappa shape index (κ2) is 12.7. The summed E-state index contributed by atoms with van der Waals surface area (Å²) in [5.74, 6) is 2.78. The summed E-state index contributed by atoms with van der Waals surface area (Å²) in [4.78, 5) is 4.63. The molecule has 3 N–H and O–H groups in total. The monoisotopic (exact) mass is 429 g/mol. The highest BCUT2D eigenvalue weighted by atomic mass is 16.5. The minimum atomic E-state index is -0.690. The van der Waals surface area contributed by atoms with Gasteiger partial charge in [0, 0.05) is 13.1 Å². The van der Waals surface area contributed by atoms with E-state index in [1.165, 1.54) is 0 Å². The normalized spacial score (nSPS) is 12.4. The van der Waals surface area contributed by atoms with Crippen LogP contribution in [0.5, 0.6) is 17.2 Å². The molecule has 7 heteroatoms. The summed E-state index contributed by atoms with van der Waals surface area (Å²) in [5.41, 5.74) is 1.79. The van der Waals surface area contributed by atoms with Crippen molar-refractivity contribution in [3.8, 4) is 17.2 Å². The molecule has 2 rings (SSSR count). The van der Waals surface area contributed by atoms with Crippen LogP contribution >= 0.6 is 0 Å². The van der Waals surface area contributed by atoms with Crippen molar-refractivity contribution in [2.24, 2.45) is 4.99 Å². The molecule has 0 fully saturated rings. The third kappa shape index (κ3) is 8.02. The first-order valence-corrected chi connectivity index (χ1v) is 10.7. The Balaban J connectivity index is 2.02. The van der Waals surface area contributed by atoms with Crippen LogP contribution in [0.25, 0.3) is 0 Å². The van der Waals surface area contributed by atoms with Crippen LogP contribution in [0.1, 0.15) is 44.9 Å². The van der Waals surface area contributed by atoms with Crippen molar-refractivity contribution < 1.29 is 19.3 Å². The number of nitrogens with one attached hydrogen (secondary N) is 2. The molecule has 0 aliphatic carbocycles. The number of nitrogens with zero attached hydrogens (tertiary/aromatic N) is 1. The van der Waals surface area contributed by atoms with Crippen molar-refractivity contribution >= 4 is 5.96 Å². The SMILES string of the molecule is CCNC(=NCc1ccc(OC)c(OCC)c1)NCC(O)c1cccc(OC(C)C)c1. The van der Waals surface area contributed by atoms with Crippen molar-refractivity contribution in [1.29, 1.82) is 0 Å². The Kier molecular flexibility index (Phi) is 9.97. The van der Waals surface area contributed by atoms with Gasteiger partial charge in [0.15, 0.2) is 17.5 Å². The lowest BCUT2D eigenvalue weighted by molar-refractivity contribution is 0.179. The molecular weight excluding hydrogens is 394 g/mol. The summed E-state index contributed by atoms with van der Waals surface area (Å²) < 4.78 is 16.7. The minimum absolute atomic E-state index is 0.0826. The molecule has 1 unspecified atom stereocenters. The molecule has 0 aliphatic heterocycles. The first-order chi connectivity index (χ1) is 15.0. The molecule has 170 valence electrons. The van der Waals surface area contributed by atoms with Gasteiger partial charge in [-0.3, -0.25) is 0 Å². The Labute approximate surface area is 185 Å². The molecule has 0 radical (unpaired) electrons. The number of ether oxygens (including phenoxy) is 3. The summed E-state index contributed by atoms with van der Waals surface area (Å²) in [7, 11) is 1.62. The number of benzene rings is 2. The fourth-order valence-electron chi connectivity index (χ4n) is 2.98. The number of hydrogen-bond acceptors (Lipinski definition) is 5. The van der Waals surface area contributed by atoms with Crippen molar-refractivity contribution in [2.75, 3.05) is 26.8 Å². The number of hydrogen-bond donors (Lipinski definition) is 3. The minimum Gasteiger partial charge on any atom is -0.493 e. The molecule has 0 bridgehead atoms. The Morgan fingerprint density at radius 2 is 1.87 bits per heavy atom. The van der Waals surface area contributed by atoms with Gasteiger partial charge in [0.25, 0.3) is 0 Å². The van der Waals surface area contributed by atoms with Crippen LogP contribution in [0.3, 0.4) is 0 Å². The molecule has 31 heavy (non-hydrogen) atoms. The lowest BCUT2D eigenvalue weighted by Gasteiger charge is -2.17. The van der Waals surface area contributed by atoms with E-state index in [-0.39, 0.29) is 6.10 Å². The molecule has 0 aliphatic rings. The van der Waals surface area contributed by atoms with Gasteiger partial charge in [-0.05, 0) is 63.1 Å². The van der Waals surface area contributed by atoms with E-state index >= 15 is 0 Å². The van der Waals surface area contributed by atoms with Crippen LogP contribution in [0.15, 0.2) is 47.5 Å². The zero-order valence-electron chi connectivity index (χ0n) is 19.1. The van der Waals surface area contributed by atoms with E-state index in [1.54, 1.807) is 7.11 Å². The predicted molar refractivity (Wildman–Crippen MR) is 124 cm³/mol. The van der Waals surface area contributed by atoms with E-state index < -0.39 is 6.10 Å². The zero-order chi connectivity index (χ0) is 22.6. The number of methoxy groups -OCH3 is 1. The highest BCUT2D eigenvalue weighted by Gasteiger charge is 2.11. The third-order valence-corrected chi connectivity index (χ3v) is 4.37. The van der Waals surface area contributed by atoms with E-state index in [0.717, 1.165) is 16.9 Å². The molecule has 0 spiro atoms. The second-order valence-corrected chi connectivity index (χ2v) is 7.25. The van der Waals surface area contributed by atoms with Crippen LogP contribution in [-0.4, -0.2) is 44.0 Å². The molecule has 0 saturated carbocycles. The summed E-state index contributed by atoms with van der Waals surface area (Å²) in [5, 5.41) is 17.0. The maximum absolute atomic E-state index is 10.6. The average Bonchev–Trinajstić information content (AvgIpc) is 2.75. The molecule has 1 atom stereocenters. The van der Waals surface area contributed by atoms with Crippen molar-refractivity contribution in [3.63, 3.8) is 0 Å². The van der Waals surface area contributed by atoms with Crippen molar-refractivity contribution in [3.05, 3.63) is 53.6 Å². The van der Waals surface area contributed by atoms with Crippen molar-refractivity contribution in [1.82, 2.24) is 10.6 Å². The predicted octanol–water partition coefficient (Wildman–Crippen LogP) is 3.67. The molecule has 2 aromatic rings. The molecule has 0 saturated heterocycles. The van der Waals surface area contributed by atoms with E-state index in [0.29, 0.717) is 43.7 Å². The molecular formula is C24H35N3O4. The quantitative estimate of drug-likeness (QED) is 0.373. The smallest absolute Gasteiger partial charge is 0.191 e. The Bertz CT molecular complexity index is 839. The fraction of sp³-hybridized carbons (Fsp3) is 0.458. The number of aliphatic imine (C=N–C) groups is 1. The molecule has 2 aromatic carbocycles. The standard InChI is InChI=1S/C24H35N3O4/c1-6-25-24(26-15-18-11-12-22(29-5)23(13-18)30-7-2)27-16-21(28)19-9-8-10-20(14-19)31-17(3)4/h8-14,17,21,28H,6-7,15-16H2,1-5H3,(H2,25,26,27). The average molecular weight is 430 g/mol. The lowest BCUT2D eigenvalue weighted by atomic mass is 10.1. The van der Waals surface area contributed by atoms with Gasteiger partial charge < -0.3 is 30.0 Å². The van der Waals surface area contributed by atoms with Gasteiger partial charge in [0.05, 0.1) is 32.5 Å². The molecule has 0 amide bonds. The largest absolute Gasteiger partial charge is 0.493 e. The Morgan fingerprint density at radius 3 is 2.55 bits per heavy atom. The Hall–Kier alpha value is -2.93. The zero-order valence-corrected chi connectivity index (χ0v) is 19.1. The molecule has 7 nitrogen and oxygen atoms in total. The number of guanidine groups is 1. The van der Waals surface area contributed by atoms with Crippen LogP contribution in [0, 0.1) is 0 Å². The highest BCUT2D eigenvalue weighted by Crippen LogP contribution is 2.28. The topological polar surface area (TPSA) is 84.3 Å². The van der Waals surface area contributed by atoms with Gasteiger partial charge in [-0.15, -0.1) is 0 Å². The summed E-state index contributed by atoms with van der Waals surface area (Å²) >= 11 is 0. The summed E-state index contributed by atoms with van der Waals surface area (Å²) in [6.45, 7) is 9.96. The van der Waals surface area contributed by atoms with E-state index in [4.69, 9.17) is 14.2 Å². The van der Waals surface area contributed by atoms with Crippen LogP contribution in [0.2, 0.25) is 0 Å². The lowest BCUT2D eigenvalue weighted by Crippen LogP contribution is -2.39. The summed E-state index contributed by atoms with van der Waals surface area (Å²) in [6.07, 6.45) is -0.607. The third-order valence-electron chi connectivity index (χ3n) is 4.37. The van der Waals surface area contributed by atoms with Crippen LogP contribution < -0.4 is 24.8 Å². The van der Waals surface area contributed by atoms with Gasteiger partial charge in [-0.1, -0.05) is 18.2 Å². The van der Waals surface area contributed by atoms with E-state index in [9.17, 15) is 5.11 Å². The number of rotatable bonds is 11. The van der Waals surface area contributed by atoms with Gasteiger partial charge in [0.1, 0.15) is 5.75 Å². The van der Waals surface area contributed by atoms with Gasteiger partial charge in [0.2, 0.25) is 0 Å². The Morgan fingerprint density at radius 1 is 1.06 bits per heavy atom. The van der Waals surface area contributed by atoms with Gasteiger partial charge >= 0.3 is 0 Å². The van der Waals surface area contributed by atoms with E-state index in [2.05, 4.69) is 15.6 Å². The maximum Gasteiger partial charge on any atom is 0.191 e.